The van der Waals surface area contributed by atoms with Crippen molar-refractivity contribution in [1.82, 2.24) is 9.21 Å². The molecule has 2 aromatic rings. The van der Waals surface area contributed by atoms with Crippen molar-refractivity contribution < 1.29 is 17.9 Å². The van der Waals surface area contributed by atoms with Gasteiger partial charge in [0.25, 0.3) is 5.91 Å². The van der Waals surface area contributed by atoms with Crippen molar-refractivity contribution in [1.29, 1.82) is 0 Å². The van der Waals surface area contributed by atoms with Crippen molar-refractivity contribution in [3.8, 4) is 5.75 Å². The van der Waals surface area contributed by atoms with E-state index in [0.717, 1.165) is 5.56 Å². The molecule has 0 radical (unpaired) electrons. The SMILES string of the molecule is CCN(CC)C(=O)COc1ccc(S(=O)(=O)N2CCc3ccccc3C2)cc1Cl. The predicted molar refractivity (Wildman–Crippen MR) is 113 cm³/mol. The second kappa shape index (κ2) is 9.15. The minimum atomic E-state index is -3.68. The lowest BCUT2D eigenvalue weighted by atomic mass is 10.0. The number of hydrogen-bond acceptors (Lipinski definition) is 4. The topological polar surface area (TPSA) is 66.9 Å². The summed E-state index contributed by atoms with van der Waals surface area (Å²) < 4.78 is 33.1. The minimum Gasteiger partial charge on any atom is -0.482 e. The molecule has 29 heavy (non-hydrogen) atoms. The van der Waals surface area contributed by atoms with Crippen LogP contribution in [-0.2, 0) is 27.8 Å². The summed E-state index contributed by atoms with van der Waals surface area (Å²) in [6, 6.07) is 12.2. The first-order chi connectivity index (χ1) is 13.9. The van der Waals surface area contributed by atoms with E-state index < -0.39 is 10.0 Å². The van der Waals surface area contributed by atoms with Crippen molar-refractivity contribution in [3.05, 3.63) is 58.6 Å². The Morgan fingerprint density at radius 1 is 1.14 bits per heavy atom. The fraction of sp³-hybridized carbons (Fsp3) is 0.381. The molecule has 0 atom stereocenters. The Morgan fingerprint density at radius 2 is 1.83 bits per heavy atom. The van der Waals surface area contributed by atoms with Gasteiger partial charge < -0.3 is 9.64 Å². The molecule has 2 aromatic carbocycles. The Bertz CT molecular complexity index is 990. The second-order valence-electron chi connectivity index (χ2n) is 6.80. The van der Waals surface area contributed by atoms with E-state index in [1.165, 1.54) is 28.1 Å². The van der Waals surface area contributed by atoms with Gasteiger partial charge in [-0.15, -0.1) is 0 Å². The molecular formula is C21H25ClN2O4S. The highest BCUT2D eigenvalue weighted by molar-refractivity contribution is 7.89. The van der Waals surface area contributed by atoms with Crippen LogP contribution in [-0.4, -0.2) is 49.8 Å². The monoisotopic (exact) mass is 436 g/mol. The van der Waals surface area contributed by atoms with Gasteiger partial charge in [0.15, 0.2) is 6.61 Å². The Morgan fingerprint density at radius 3 is 2.48 bits per heavy atom. The molecule has 0 bridgehead atoms. The number of halogens is 1. The molecule has 1 aliphatic rings. The van der Waals surface area contributed by atoms with Gasteiger partial charge in [-0.25, -0.2) is 8.42 Å². The van der Waals surface area contributed by atoms with Crippen LogP contribution in [0.5, 0.6) is 5.75 Å². The molecule has 0 unspecified atom stereocenters. The van der Waals surface area contributed by atoms with Crippen molar-refractivity contribution in [2.45, 2.75) is 31.7 Å². The Hall–Kier alpha value is -2.09. The third-order valence-corrected chi connectivity index (χ3v) is 7.24. The molecule has 156 valence electrons. The lowest BCUT2D eigenvalue weighted by Crippen LogP contribution is -2.36. The molecule has 6 nitrogen and oxygen atoms in total. The maximum Gasteiger partial charge on any atom is 0.260 e. The lowest BCUT2D eigenvalue weighted by molar-refractivity contribution is -0.132. The van der Waals surface area contributed by atoms with Gasteiger partial charge in [0.1, 0.15) is 5.75 Å². The number of ether oxygens (including phenoxy) is 1. The number of rotatable bonds is 7. The van der Waals surface area contributed by atoms with Crippen LogP contribution in [0.4, 0.5) is 0 Å². The normalized spacial score (nSPS) is 14.3. The zero-order valence-corrected chi connectivity index (χ0v) is 18.2. The van der Waals surface area contributed by atoms with Crippen LogP contribution in [0, 0.1) is 0 Å². The molecule has 0 aromatic heterocycles. The minimum absolute atomic E-state index is 0.115. The number of carbonyl (C=O) groups is 1. The van der Waals surface area contributed by atoms with Crippen molar-refractivity contribution >= 4 is 27.5 Å². The van der Waals surface area contributed by atoms with E-state index in [-0.39, 0.29) is 28.2 Å². The summed E-state index contributed by atoms with van der Waals surface area (Å²) in [4.78, 5) is 13.8. The molecule has 1 aliphatic heterocycles. The van der Waals surface area contributed by atoms with Gasteiger partial charge in [0.05, 0.1) is 9.92 Å². The summed E-state index contributed by atoms with van der Waals surface area (Å²) in [5, 5.41) is 0.163. The van der Waals surface area contributed by atoms with Crippen LogP contribution in [0.1, 0.15) is 25.0 Å². The van der Waals surface area contributed by atoms with Gasteiger partial charge in [-0.1, -0.05) is 35.9 Å². The second-order valence-corrected chi connectivity index (χ2v) is 9.15. The van der Waals surface area contributed by atoms with E-state index in [2.05, 4.69) is 0 Å². The number of benzene rings is 2. The highest BCUT2D eigenvalue weighted by atomic mass is 35.5. The summed E-state index contributed by atoms with van der Waals surface area (Å²) in [6.07, 6.45) is 0.678. The van der Waals surface area contributed by atoms with E-state index in [1.807, 2.05) is 38.1 Å². The fourth-order valence-corrected chi connectivity index (χ4v) is 5.14. The van der Waals surface area contributed by atoms with Gasteiger partial charge in [-0.05, 0) is 49.6 Å². The lowest BCUT2D eigenvalue weighted by Gasteiger charge is -2.28. The first kappa shape index (κ1) is 21.6. The molecule has 3 rings (SSSR count). The molecule has 1 heterocycles. The summed E-state index contributed by atoms with van der Waals surface area (Å²) in [5.41, 5.74) is 2.20. The first-order valence-electron chi connectivity index (χ1n) is 9.63. The smallest absolute Gasteiger partial charge is 0.260 e. The number of carbonyl (C=O) groups excluding carboxylic acids is 1. The molecule has 0 spiro atoms. The van der Waals surface area contributed by atoms with Crippen LogP contribution in [0.25, 0.3) is 0 Å². The third kappa shape index (κ3) is 4.74. The van der Waals surface area contributed by atoms with Crippen LogP contribution < -0.4 is 4.74 Å². The average Bonchev–Trinajstić information content (AvgIpc) is 2.73. The van der Waals surface area contributed by atoms with Gasteiger partial charge in [0, 0.05) is 26.2 Å². The van der Waals surface area contributed by atoms with Crippen LogP contribution in [0.3, 0.4) is 0 Å². The van der Waals surface area contributed by atoms with Crippen LogP contribution >= 0.6 is 11.6 Å². The number of sulfonamides is 1. The van der Waals surface area contributed by atoms with Gasteiger partial charge in [-0.2, -0.15) is 4.31 Å². The van der Waals surface area contributed by atoms with Crippen LogP contribution in [0.15, 0.2) is 47.4 Å². The van der Waals surface area contributed by atoms with Crippen molar-refractivity contribution in [2.75, 3.05) is 26.2 Å². The zero-order chi connectivity index (χ0) is 21.0. The standard InChI is InChI=1S/C21H25ClN2O4S/c1-3-23(4-2)21(25)15-28-20-10-9-18(13-19(20)22)29(26,27)24-12-11-16-7-5-6-8-17(16)14-24/h5-10,13H,3-4,11-12,14-15H2,1-2H3. The van der Waals surface area contributed by atoms with E-state index in [9.17, 15) is 13.2 Å². The Kier molecular flexibility index (Phi) is 6.82. The first-order valence-corrected chi connectivity index (χ1v) is 11.5. The molecule has 0 N–H and O–H groups in total. The number of likely N-dealkylation sites (N-methyl/N-ethyl adjacent to an activating group) is 1. The molecule has 0 saturated carbocycles. The summed E-state index contributed by atoms with van der Waals surface area (Å²) in [7, 11) is -3.68. The summed E-state index contributed by atoms with van der Waals surface area (Å²) in [6.45, 7) is 5.61. The number of fused-ring (bicyclic) bond motifs is 1. The molecule has 0 fully saturated rings. The van der Waals surface area contributed by atoms with E-state index in [4.69, 9.17) is 16.3 Å². The largest absolute Gasteiger partial charge is 0.482 e. The van der Waals surface area contributed by atoms with E-state index in [1.54, 1.807) is 4.90 Å². The van der Waals surface area contributed by atoms with Gasteiger partial charge in [-0.3, -0.25) is 4.79 Å². The number of hydrogen-bond donors (Lipinski definition) is 0. The van der Waals surface area contributed by atoms with Crippen molar-refractivity contribution in [3.63, 3.8) is 0 Å². The van der Waals surface area contributed by atoms with E-state index in [0.29, 0.717) is 32.6 Å². The Balaban J connectivity index is 1.73. The average molecular weight is 437 g/mol. The summed E-state index contributed by atoms with van der Waals surface area (Å²) in [5.74, 6) is 0.143. The predicted octanol–water partition coefficient (Wildman–Crippen LogP) is 3.33. The number of amides is 1. The molecule has 0 saturated heterocycles. The zero-order valence-electron chi connectivity index (χ0n) is 16.6. The molecular weight excluding hydrogens is 412 g/mol. The van der Waals surface area contributed by atoms with Gasteiger partial charge >= 0.3 is 0 Å². The maximum atomic E-state index is 13.1. The van der Waals surface area contributed by atoms with E-state index >= 15 is 0 Å². The molecule has 0 aliphatic carbocycles. The van der Waals surface area contributed by atoms with Crippen molar-refractivity contribution in [2.24, 2.45) is 0 Å². The molecule has 1 amide bonds. The van der Waals surface area contributed by atoms with Crippen LogP contribution in [0.2, 0.25) is 5.02 Å². The Labute approximate surface area is 177 Å². The summed E-state index contributed by atoms with van der Waals surface area (Å²) >= 11 is 6.25. The van der Waals surface area contributed by atoms with Gasteiger partial charge in [0.2, 0.25) is 10.0 Å². The highest BCUT2D eigenvalue weighted by Crippen LogP contribution is 2.30. The highest BCUT2D eigenvalue weighted by Gasteiger charge is 2.28. The third-order valence-electron chi connectivity index (χ3n) is 5.10. The quantitative estimate of drug-likeness (QED) is 0.667. The fourth-order valence-electron chi connectivity index (χ4n) is 3.39. The molecule has 8 heteroatoms. The number of nitrogens with zero attached hydrogens (tertiary/aromatic N) is 2. The maximum absolute atomic E-state index is 13.1.